The number of carbonyl (C=O) groups excluding carboxylic acids is 1. The lowest BCUT2D eigenvalue weighted by Gasteiger charge is -2.20. The molecule has 0 aliphatic heterocycles. The average molecular weight is 280 g/mol. The van der Waals surface area contributed by atoms with Crippen LogP contribution < -0.4 is 11.1 Å². The topological polar surface area (TPSA) is 95.6 Å². The first kappa shape index (κ1) is 13.6. The molecule has 0 aromatic heterocycles. The summed E-state index contributed by atoms with van der Waals surface area (Å²) in [6.45, 7) is 0. The summed E-state index contributed by atoms with van der Waals surface area (Å²) in [6.07, 6.45) is 2.71. The zero-order chi connectivity index (χ0) is 14.0. The number of benzene rings is 1. The monoisotopic (exact) mass is 280 g/mol. The lowest BCUT2D eigenvalue weighted by atomic mass is 10.0. The van der Waals surface area contributed by atoms with E-state index in [-0.39, 0.29) is 29.4 Å². The van der Waals surface area contributed by atoms with E-state index in [9.17, 15) is 15.0 Å². The molecule has 5 nitrogen and oxygen atoms in total. The molecule has 1 saturated carbocycles. The number of phenolic OH excluding ortho intramolecular Hbond substituents is 2. The first-order valence-electron chi connectivity index (χ1n) is 6.11. The molecule has 1 fully saturated rings. The minimum Gasteiger partial charge on any atom is -0.504 e. The highest BCUT2D eigenvalue weighted by Crippen LogP contribution is 2.27. The minimum atomic E-state index is -0.315. The summed E-state index contributed by atoms with van der Waals surface area (Å²) in [4.78, 5) is 12.5. The maximum atomic E-state index is 12.0. The van der Waals surface area contributed by atoms with E-state index < -0.39 is 0 Å². The second-order valence-corrected chi connectivity index (χ2v) is 5.19. The second-order valence-electron chi connectivity index (χ2n) is 4.72. The zero-order valence-electron chi connectivity index (χ0n) is 10.3. The smallest absolute Gasteiger partial charge is 0.251 e. The normalized spacial score (nSPS) is 22.1. The number of hydrogen-bond acceptors (Lipinski definition) is 4. The van der Waals surface area contributed by atoms with Gasteiger partial charge in [0.25, 0.3) is 5.91 Å². The van der Waals surface area contributed by atoms with Crippen molar-refractivity contribution in [3.05, 3.63) is 23.8 Å². The standard InChI is InChI=1S/C13H16N2O3S/c14-12(19)8-2-1-3-9(8)15-13(18)7-4-5-10(16)11(17)6-7/h4-6,8-9,16-17H,1-3H2,(H2,14,19)(H,15,18). The molecule has 1 aromatic carbocycles. The fourth-order valence-electron chi connectivity index (χ4n) is 2.39. The Labute approximate surface area is 116 Å². The van der Waals surface area contributed by atoms with Crippen LogP contribution in [0.4, 0.5) is 0 Å². The van der Waals surface area contributed by atoms with Crippen LogP contribution in [0, 0.1) is 5.92 Å². The van der Waals surface area contributed by atoms with Gasteiger partial charge in [-0.2, -0.15) is 0 Å². The summed E-state index contributed by atoms with van der Waals surface area (Å²) in [7, 11) is 0. The van der Waals surface area contributed by atoms with Gasteiger partial charge >= 0.3 is 0 Å². The number of hydrogen-bond donors (Lipinski definition) is 4. The highest BCUT2D eigenvalue weighted by Gasteiger charge is 2.30. The Morgan fingerprint density at radius 2 is 2.05 bits per heavy atom. The molecule has 0 saturated heterocycles. The molecule has 102 valence electrons. The van der Waals surface area contributed by atoms with E-state index in [1.54, 1.807) is 0 Å². The summed E-state index contributed by atoms with van der Waals surface area (Å²) in [5, 5.41) is 21.5. The fourth-order valence-corrected chi connectivity index (χ4v) is 2.67. The number of thiocarbonyl (C=S) groups is 1. The van der Waals surface area contributed by atoms with Crippen molar-refractivity contribution in [3.8, 4) is 11.5 Å². The van der Waals surface area contributed by atoms with Gasteiger partial charge in [0.1, 0.15) is 0 Å². The largest absolute Gasteiger partial charge is 0.504 e. The van der Waals surface area contributed by atoms with Crippen molar-refractivity contribution in [2.24, 2.45) is 11.7 Å². The predicted octanol–water partition coefficient (Wildman–Crippen LogP) is 1.28. The summed E-state index contributed by atoms with van der Waals surface area (Å²) in [5.74, 6) is -0.837. The van der Waals surface area contributed by atoms with Gasteiger partial charge in [-0.05, 0) is 31.0 Å². The van der Waals surface area contributed by atoms with Crippen molar-refractivity contribution < 1.29 is 15.0 Å². The SMILES string of the molecule is NC(=S)C1CCCC1NC(=O)c1ccc(O)c(O)c1. The highest BCUT2D eigenvalue weighted by molar-refractivity contribution is 7.80. The van der Waals surface area contributed by atoms with Crippen LogP contribution in [0.1, 0.15) is 29.6 Å². The average Bonchev–Trinajstić information content (AvgIpc) is 2.80. The van der Waals surface area contributed by atoms with Crippen molar-refractivity contribution in [2.75, 3.05) is 0 Å². The van der Waals surface area contributed by atoms with E-state index in [0.717, 1.165) is 19.3 Å². The van der Waals surface area contributed by atoms with Crippen LogP contribution >= 0.6 is 12.2 Å². The van der Waals surface area contributed by atoms with Crippen LogP contribution in [0.25, 0.3) is 0 Å². The van der Waals surface area contributed by atoms with E-state index in [0.29, 0.717) is 10.6 Å². The maximum Gasteiger partial charge on any atom is 0.251 e. The van der Waals surface area contributed by atoms with Crippen LogP contribution in [0.2, 0.25) is 0 Å². The molecule has 2 atom stereocenters. The fraction of sp³-hybridized carbons (Fsp3) is 0.385. The molecule has 0 bridgehead atoms. The van der Waals surface area contributed by atoms with Gasteiger partial charge in [0, 0.05) is 17.5 Å². The van der Waals surface area contributed by atoms with E-state index >= 15 is 0 Å². The predicted molar refractivity (Wildman–Crippen MR) is 75.2 cm³/mol. The van der Waals surface area contributed by atoms with E-state index in [1.165, 1.54) is 18.2 Å². The van der Waals surface area contributed by atoms with Crippen LogP contribution in [-0.4, -0.2) is 27.2 Å². The van der Waals surface area contributed by atoms with Crippen LogP contribution in [0.15, 0.2) is 18.2 Å². The Hall–Kier alpha value is -1.82. The third kappa shape index (κ3) is 2.96. The molecule has 2 rings (SSSR count). The summed E-state index contributed by atoms with van der Waals surface area (Å²) in [5.41, 5.74) is 5.95. The van der Waals surface area contributed by atoms with E-state index in [1.807, 2.05) is 0 Å². The van der Waals surface area contributed by atoms with Crippen LogP contribution in [-0.2, 0) is 0 Å². The Kier molecular flexibility index (Phi) is 3.90. The molecular formula is C13H16N2O3S. The van der Waals surface area contributed by atoms with Crippen molar-refractivity contribution in [2.45, 2.75) is 25.3 Å². The summed E-state index contributed by atoms with van der Waals surface area (Å²) in [6, 6.07) is 3.91. The molecule has 2 unspecified atom stereocenters. The number of rotatable bonds is 3. The molecule has 1 aliphatic carbocycles. The van der Waals surface area contributed by atoms with Gasteiger partial charge in [-0.1, -0.05) is 18.6 Å². The molecule has 6 heteroatoms. The summed E-state index contributed by atoms with van der Waals surface area (Å²) < 4.78 is 0. The summed E-state index contributed by atoms with van der Waals surface area (Å²) >= 11 is 4.99. The Bertz CT molecular complexity index is 519. The quantitative estimate of drug-likeness (QED) is 0.494. The van der Waals surface area contributed by atoms with Gasteiger partial charge in [-0.15, -0.1) is 0 Å². The number of phenols is 2. The van der Waals surface area contributed by atoms with Gasteiger partial charge in [-0.25, -0.2) is 0 Å². The third-order valence-electron chi connectivity index (χ3n) is 3.44. The van der Waals surface area contributed by atoms with Gasteiger partial charge in [-0.3, -0.25) is 4.79 Å². The Morgan fingerprint density at radius 3 is 2.68 bits per heavy atom. The second kappa shape index (κ2) is 5.44. The molecule has 1 aliphatic rings. The Morgan fingerprint density at radius 1 is 1.32 bits per heavy atom. The molecule has 1 aromatic rings. The number of amides is 1. The van der Waals surface area contributed by atoms with Crippen molar-refractivity contribution >= 4 is 23.1 Å². The lowest BCUT2D eigenvalue weighted by Crippen LogP contribution is -2.41. The third-order valence-corrected chi connectivity index (χ3v) is 3.74. The molecule has 19 heavy (non-hydrogen) atoms. The first-order chi connectivity index (χ1) is 8.99. The van der Waals surface area contributed by atoms with Crippen LogP contribution in [0.3, 0.4) is 0 Å². The van der Waals surface area contributed by atoms with Crippen molar-refractivity contribution in [1.82, 2.24) is 5.32 Å². The number of carbonyl (C=O) groups is 1. The van der Waals surface area contributed by atoms with Gasteiger partial charge < -0.3 is 21.3 Å². The van der Waals surface area contributed by atoms with Gasteiger partial charge in [0.15, 0.2) is 11.5 Å². The zero-order valence-corrected chi connectivity index (χ0v) is 11.1. The molecule has 0 spiro atoms. The molecule has 5 N–H and O–H groups in total. The highest BCUT2D eigenvalue weighted by atomic mass is 32.1. The van der Waals surface area contributed by atoms with Gasteiger partial charge in [0.05, 0.1) is 4.99 Å². The van der Waals surface area contributed by atoms with E-state index in [2.05, 4.69) is 5.32 Å². The lowest BCUT2D eigenvalue weighted by molar-refractivity contribution is 0.0933. The molecule has 1 amide bonds. The molecule has 0 heterocycles. The van der Waals surface area contributed by atoms with Crippen LogP contribution in [0.5, 0.6) is 11.5 Å². The number of nitrogens with one attached hydrogen (secondary N) is 1. The minimum absolute atomic E-state index is 0.0321. The Balaban J connectivity index is 2.08. The number of aromatic hydroxyl groups is 2. The molecular weight excluding hydrogens is 264 g/mol. The van der Waals surface area contributed by atoms with Crippen molar-refractivity contribution in [1.29, 1.82) is 0 Å². The van der Waals surface area contributed by atoms with Gasteiger partial charge in [0.2, 0.25) is 0 Å². The van der Waals surface area contributed by atoms with E-state index in [4.69, 9.17) is 18.0 Å². The van der Waals surface area contributed by atoms with Crippen molar-refractivity contribution in [3.63, 3.8) is 0 Å². The molecule has 0 radical (unpaired) electrons. The maximum absolute atomic E-state index is 12.0. The first-order valence-corrected chi connectivity index (χ1v) is 6.52. The number of nitrogens with two attached hydrogens (primary N) is 1.